The summed E-state index contributed by atoms with van der Waals surface area (Å²) in [6.07, 6.45) is 4.87. The third-order valence-corrected chi connectivity index (χ3v) is 3.99. The first-order valence-electron chi connectivity index (χ1n) is 7.25. The topological polar surface area (TPSA) is 24.5 Å². The summed E-state index contributed by atoms with van der Waals surface area (Å²) in [4.78, 5) is 2.63. The van der Waals surface area contributed by atoms with Crippen molar-refractivity contribution in [2.45, 2.75) is 58.3 Å². The van der Waals surface area contributed by atoms with Crippen molar-refractivity contribution in [2.75, 3.05) is 26.2 Å². The number of fused-ring (bicyclic) bond motifs is 2. The molecule has 0 aromatic carbocycles. The van der Waals surface area contributed by atoms with Crippen molar-refractivity contribution >= 4 is 0 Å². The van der Waals surface area contributed by atoms with Crippen LogP contribution in [-0.4, -0.2) is 49.3 Å². The third kappa shape index (κ3) is 3.94. The highest BCUT2D eigenvalue weighted by molar-refractivity contribution is 4.87. The van der Waals surface area contributed by atoms with Crippen LogP contribution in [0.15, 0.2) is 0 Å². The number of rotatable bonds is 6. The van der Waals surface area contributed by atoms with Crippen LogP contribution in [0.5, 0.6) is 0 Å². The number of nitrogens with zero attached hydrogens (tertiary/aromatic N) is 1. The summed E-state index contributed by atoms with van der Waals surface area (Å²) in [5.74, 6) is 0.754. The van der Waals surface area contributed by atoms with Gasteiger partial charge in [-0.05, 0) is 45.2 Å². The number of nitrogens with one attached hydrogen (secondary N) is 1. The predicted octanol–water partition coefficient (Wildman–Crippen LogP) is 1.87. The van der Waals surface area contributed by atoms with Crippen LogP contribution in [0.4, 0.5) is 0 Å². The van der Waals surface area contributed by atoms with Crippen LogP contribution in [0.1, 0.15) is 40.0 Å². The molecular formula is C14H28N2O. The fourth-order valence-corrected chi connectivity index (χ4v) is 2.89. The average Bonchev–Trinajstić information content (AvgIpc) is 2.63. The summed E-state index contributed by atoms with van der Waals surface area (Å²) in [5.41, 5.74) is 0. The first kappa shape index (κ1) is 13.3. The van der Waals surface area contributed by atoms with Crippen molar-refractivity contribution in [2.24, 2.45) is 5.92 Å². The molecule has 1 N–H and O–H groups in total. The standard InChI is InChI=1S/C14H28N2O/c1-11(2)8-15-7-6-12(3)16-9-13-4-5-14(10-16)17-13/h11-15H,4-10H2,1-3H3. The Morgan fingerprint density at radius 1 is 1.18 bits per heavy atom. The normalized spacial score (nSPS) is 31.1. The number of hydrogen-bond acceptors (Lipinski definition) is 3. The van der Waals surface area contributed by atoms with Gasteiger partial charge in [-0.1, -0.05) is 13.8 Å². The van der Waals surface area contributed by atoms with Gasteiger partial charge in [-0.2, -0.15) is 0 Å². The first-order valence-corrected chi connectivity index (χ1v) is 7.25. The molecule has 2 bridgehead atoms. The van der Waals surface area contributed by atoms with Crippen molar-refractivity contribution in [3.05, 3.63) is 0 Å². The minimum atomic E-state index is 0.528. The molecule has 17 heavy (non-hydrogen) atoms. The van der Waals surface area contributed by atoms with Gasteiger partial charge in [0.05, 0.1) is 12.2 Å². The predicted molar refractivity (Wildman–Crippen MR) is 71.3 cm³/mol. The molecule has 2 aliphatic heterocycles. The number of hydrogen-bond donors (Lipinski definition) is 1. The summed E-state index contributed by atoms with van der Waals surface area (Å²) in [6, 6.07) is 0.696. The van der Waals surface area contributed by atoms with Crippen LogP contribution >= 0.6 is 0 Å². The van der Waals surface area contributed by atoms with E-state index in [1.807, 2.05) is 0 Å². The number of morpholine rings is 1. The molecule has 0 spiro atoms. The zero-order valence-corrected chi connectivity index (χ0v) is 11.6. The Labute approximate surface area is 106 Å². The van der Waals surface area contributed by atoms with Gasteiger partial charge in [-0.15, -0.1) is 0 Å². The zero-order valence-electron chi connectivity index (χ0n) is 11.6. The minimum absolute atomic E-state index is 0.528. The van der Waals surface area contributed by atoms with E-state index in [0.29, 0.717) is 18.2 Å². The fraction of sp³-hybridized carbons (Fsp3) is 1.00. The van der Waals surface area contributed by atoms with E-state index >= 15 is 0 Å². The molecule has 2 saturated heterocycles. The molecule has 0 aromatic rings. The maximum atomic E-state index is 5.88. The van der Waals surface area contributed by atoms with Crippen molar-refractivity contribution in [3.63, 3.8) is 0 Å². The smallest absolute Gasteiger partial charge is 0.0707 e. The Balaban J connectivity index is 1.64. The highest BCUT2D eigenvalue weighted by Gasteiger charge is 2.35. The van der Waals surface area contributed by atoms with Gasteiger partial charge in [0.15, 0.2) is 0 Å². The van der Waals surface area contributed by atoms with Crippen LogP contribution in [-0.2, 0) is 4.74 Å². The van der Waals surface area contributed by atoms with Crippen molar-refractivity contribution in [1.82, 2.24) is 10.2 Å². The van der Waals surface area contributed by atoms with E-state index in [9.17, 15) is 0 Å². The molecular weight excluding hydrogens is 212 g/mol. The van der Waals surface area contributed by atoms with E-state index in [0.717, 1.165) is 32.1 Å². The Morgan fingerprint density at radius 3 is 2.41 bits per heavy atom. The van der Waals surface area contributed by atoms with E-state index in [-0.39, 0.29) is 0 Å². The summed E-state index contributed by atoms with van der Waals surface area (Å²) in [6.45, 7) is 11.5. The maximum absolute atomic E-state index is 5.88. The Morgan fingerprint density at radius 2 is 1.82 bits per heavy atom. The summed E-state index contributed by atoms with van der Waals surface area (Å²) in [5, 5.41) is 3.53. The molecule has 3 unspecified atom stereocenters. The lowest BCUT2D eigenvalue weighted by atomic mass is 10.1. The lowest BCUT2D eigenvalue weighted by Crippen LogP contribution is -2.47. The van der Waals surface area contributed by atoms with Gasteiger partial charge in [0.25, 0.3) is 0 Å². The molecule has 0 amide bonds. The van der Waals surface area contributed by atoms with Crippen molar-refractivity contribution in [1.29, 1.82) is 0 Å². The number of likely N-dealkylation sites (tertiary alicyclic amines) is 1. The second-order valence-electron chi connectivity index (χ2n) is 6.15. The van der Waals surface area contributed by atoms with E-state index in [2.05, 4.69) is 31.0 Å². The van der Waals surface area contributed by atoms with E-state index in [1.165, 1.54) is 19.3 Å². The molecule has 3 nitrogen and oxygen atoms in total. The number of ether oxygens (including phenoxy) is 1. The van der Waals surface area contributed by atoms with E-state index in [4.69, 9.17) is 4.74 Å². The summed E-state index contributed by atoms with van der Waals surface area (Å²) in [7, 11) is 0. The van der Waals surface area contributed by atoms with E-state index in [1.54, 1.807) is 0 Å². The highest BCUT2D eigenvalue weighted by atomic mass is 16.5. The third-order valence-electron chi connectivity index (χ3n) is 3.99. The van der Waals surface area contributed by atoms with Gasteiger partial charge in [-0.3, -0.25) is 4.90 Å². The molecule has 100 valence electrons. The molecule has 3 atom stereocenters. The highest BCUT2D eigenvalue weighted by Crippen LogP contribution is 2.27. The average molecular weight is 240 g/mol. The van der Waals surface area contributed by atoms with Crippen LogP contribution in [0, 0.1) is 5.92 Å². The summed E-state index contributed by atoms with van der Waals surface area (Å²) < 4.78 is 5.88. The van der Waals surface area contributed by atoms with Gasteiger partial charge >= 0.3 is 0 Å². The second kappa shape index (κ2) is 6.17. The molecule has 2 fully saturated rings. The first-order chi connectivity index (χ1) is 8.15. The lowest BCUT2D eigenvalue weighted by Gasteiger charge is -2.36. The molecule has 3 heteroatoms. The van der Waals surface area contributed by atoms with Crippen molar-refractivity contribution in [3.8, 4) is 0 Å². The quantitative estimate of drug-likeness (QED) is 0.717. The van der Waals surface area contributed by atoms with Crippen LogP contribution in [0.3, 0.4) is 0 Å². The van der Waals surface area contributed by atoms with Gasteiger partial charge in [0.1, 0.15) is 0 Å². The lowest BCUT2D eigenvalue weighted by molar-refractivity contribution is -0.0512. The van der Waals surface area contributed by atoms with Gasteiger partial charge in [0, 0.05) is 19.1 Å². The van der Waals surface area contributed by atoms with Gasteiger partial charge in [0.2, 0.25) is 0 Å². The Hall–Kier alpha value is -0.120. The molecule has 0 radical (unpaired) electrons. The van der Waals surface area contributed by atoms with Crippen LogP contribution in [0.2, 0.25) is 0 Å². The molecule has 2 aliphatic rings. The molecule has 0 aliphatic carbocycles. The molecule has 2 heterocycles. The van der Waals surface area contributed by atoms with E-state index < -0.39 is 0 Å². The van der Waals surface area contributed by atoms with Crippen LogP contribution in [0.25, 0.3) is 0 Å². The molecule has 0 saturated carbocycles. The van der Waals surface area contributed by atoms with Gasteiger partial charge < -0.3 is 10.1 Å². The zero-order chi connectivity index (χ0) is 12.3. The maximum Gasteiger partial charge on any atom is 0.0707 e. The monoisotopic (exact) mass is 240 g/mol. The fourth-order valence-electron chi connectivity index (χ4n) is 2.89. The van der Waals surface area contributed by atoms with Crippen LogP contribution < -0.4 is 5.32 Å². The minimum Gasteiger partial charge on any atom is -0.372 e. The van der Waals surface area contributed by atoms with Gasteiger partial charge in [-0.25, -0.2) is 0 Å². The Kier molecular flexibility index (Phi) is 4.83. The second-order valence-corrected chi connectivity index (χ2v) is 6.15. The SMILES string of the molecule is CC(C)CNCCC(C)N1CC2CCC(C1)O2. The summed E-state index contributed by atoms with van der Waals surface area (Å²) >= 11 is 0. The largest absolute Gasteiger partial charge is 0.372 e. The van der Waals surface area contributed by atoms with Crippen molar-refractivity contribution < 1.29 is 4.74 Å². The molecule has 2 rings (SSSR count). The molecule has 0 aromatic heterocycles. The Bertz CT molecular complexity index is 220.